The standard InChI is InChI=1S/C33H31N3O2/c1-31(2,3)30-36-27-23-22-21(37-29(23)35-25(28(27)38-30)18-12-9-8-10-13-18)16-15-19-24(22)33(6,7)32(4,5)20-14-11-17-34-26(19)20/h8-17H,1-7H3. The van der Waals surface area contributed by atoms with Gasteiger partial charge in [0.2, 0.25) is 11.6 Å². The fourth-order valence-electron chi connectivity index (χ4n) is 6.01. The first-order valence-electron chi connectivity index (χ1n) is 13.2. The van der Waals surface area contributed by atoms with Crippen molar-refractivity contribution in [1.29, 1.82) is 0 Å². The Bertz CT molecular complexity index is 1900. The summed E-state index contributed by atoms with van der Waals surface area (Å²) in [5.41, 5.74) is 8.59. The van der Waals surface area contributed by atoms with Crippen molar-refractivity contribution in [3.8, 4) is 22.5 Å². The van der Waals surface area contributed by atoms with Crippen molar-refractivity contribution in [1.82, 2.24) is 15.0 Å². The SMILES string of the molecule is CC(C)(C)c1nc2c(o1)c(-c1ccccc1)nc1oc3ccc4c(c3c12)C(C)(C)C(C)(C)c1cccnc1-4. The maximum absolute atomic E-state index is 6.52. The molecule has 190 valence electrons. The molecule has 0 amide bonds. The molecular formula is C33H31N3O2. The minimum absolute atomic E-state index is 0.168. The predicted octanol–water partition coefficient (Wildman–Crippen LogP) is 8.72. The van der Waals surface area contributed by atoms with E-state index in [0.29, 0.717) is 17.2 Å². The third kappa shape index (κ3) is 2.90. The molecule has 0 saturated carbocycles. The van der Waals surface area contributed by atoms with E-state index in [-0.39, 0.29) is 16.2 Å². The average molecular weight is 502 g/mol. The van der Waals surface area contributed by atoms with Crippen LogP contribution in [0.1, 0.15) is 65.5 Å². The minimum Gasteiger partial charge on any atom is -0.438 e. The second kappa shape index (κ2) is 7.31. The molecule has 0 unspecified atom stereocenters. The van der Waals surface area contributed by atoms with Crippen LogP contribution in [0.25, 0.3) is 55.7 Å². The summed E-state index contributed by atoms with van der Waals surface area (Å²) < 4.78 is 13.0. The van der Waals surface area contributed by atoms with Crippen LogP contribution in [0.5, 0.6) is 0 Å². The molecule has 0 aliphatic heterocycles. The number of pyridine rings is 2. The molecule has 7 rings (SSSR count). The number of nitrogens with zero attached hydrogens (tertiary/aromatic N) is 3. The van der Waals surface area contributed by atoms with Crippen LogP contribution in [0, 0.1) is 0 Å². The number of oxazole rings is 1. The molecule has 1 aliphatic rings. The maximum Gasteiger partial charge on any atom is 0.230 e. The zero-order valence-electron chi connectivity index (χ0n) is 22.9. The van der Waals surface area contributed by atoms with Gasteiger partial charge in [0.25, 0.3) is 0 Å². The van der Waals surface area contributed by atoms with Crippen LogP contribution >= 0.6 is 0 Å². The lowest BCUT2D eigenvalue weighted by atomic mass is 9.55. The van der Waals surface area contributed by atoms with Gasteiger partial charge in [0.05, 0.1) is 11.1 Å². The highest BCUT2D eigenvalue weighted by Crippen LogP contribution is 2.56. The highest BCUT2D eigenvalue weighted by molar-refractivity contribution is 6.20. The quantitative estimate of drug-likeness (QED) is 0.225. The Morgan fingerprint density at radius 3 is 2.24 bits per heavy atom. The number of fused-ring (bicyclic) bond motifs is 9. The molecule has 0 atom stereocenters. The smallest absolute Gasteiger partial charge is 0.230 e. The number of rotatable bonds is 1. The monoisotopic (exact) mass is 501 g/mol. The third-order valence-electron chi connectivity index (χ3n) is 8.74. The van der Waals surface area contributed by atoms with E-state index < -0.39 is 0 Å². The normalized spacial score (nSPS) is 16.2. The lowest BCUT2D eigenvalue weighted by molar-refractivity contribution is 0.300. The molecule has 0 N–H and O–H groups in total. The summed E-state index contributed by atoms with van der Waals surface area (Å²) >= 11 is 0. The lowest BCUT2D eigenvalue weighted by Gasteiger charge is -2.48. The highest BCUT2D eigenvalue weighted by atomic mass is 16.4. The van der Waals surface area contributed by atoms with Crippen molar-refractivity contribution in [3.63, 3.8) is 0 Å². The van der Waals surface area contributed by atoms with Crippen LogP contribution < -0.4 is 0 Å². The zero-order chi connectivity index (χ0) is 26.6. The highest BCUT2D eigenvalue weighted by Gasteiger charge is 2.48. The molecule has 6 aromatic rings. The fraction of sp³-hybridized carbons (Fsp3) is 0.303. The van der Waals surface area contributed by atoms with E-state index in [1.165, 1.54) is 11.1 Å². The van der Waals surface area contributed by atoms with E-state index in [4.69, 9.17) is 23.8 Å². The van der Waals surface area contributed by atoms with Gasteiger partial charge in [-0.15, -0.1) is 0 Å². The van der Waals surface area contributed by atoms with Gasteiger partial charge >= 0.3 is 0 Å². The molecule has 0 radical (unpaired) electrons. The lowest BCUT2D eigenvalue weighted by Crippen LogP contribution is -2.43. The number of hydrogen-bond donors (Lipinski definition) is 0. The van der Waals surface area contributed by atoms with Gasteiger partial charge in [0.1, 0.15) is 16.8 Å². The van der Waals surface area contributed by atoms with Gasteiger partial charge < -0.3 is 8.83 Å². The molecule has 1 aliphatic carbocycles. The number of furan rings is 1. The first-order valence-corrected chi connectivity index (χ1v) is 13.2. The predicted molar refractivity (Wildman–Crippen MR) is 153 cm³/mol. The van der Waals surface area contributed by atoms with Gasteiger partial charge in [-0.3, -0.25) is 4.98 Å². The van der Waals surface area contributed by atoms with E-state index in [0.717, 1.165) is 44.4 Å². The van der Waals surface area contributed by atoms with Crippen molar-refractivity contribution in [3.05, 3.63) is 77.8 Å². The molecule has 5 heteroatoms. The van der Waals surface area contributed by atoms with E-state index in [1.54, 1.807) is 0 Å². The molecule has 0 spiro atoms. The maximum atomic E-state index is 6.52. The van der Waals surface area contributed by atoms with Gasteiger partial charge in [0, 0.05) is 39.0 Å². The summed E-state index contributed by atoms with van der Waals surface area (Å²) in [5, 5.41) is 1.96. The molecule has 38 heavy (non-hydrogen) atoms. The number of benzene rings is 2. The second-order valence-electron chi connectivity index (χ2n) is 12.6. The zero-order valence-corrected chi connectivity index (χ0v) is 22.9. The van der Waals surface area contributed by atoms with Crippen LogP contribution in [0.4, 0.5) is 0 Å². The van der Waals surface area contributed by atoms with E-state index in [1.807, 2.05) is 42.6 Å². The Hall–Kier alpha value is -3.99. The summed E-state index contributed by atoms with van der Waals surface area (Å²) in [6.45, 7) is 15.6. The molecule has 4 aromatic heterocycles. The Kier molecular flexibility index (Phi) is 4.46. The van der Waals surface area contributed by atoms with Gasteiger partial charge in [-0.05, 0) is 29.3 Å². The van der Waals surface area contributed by atoms with Crippen LogP contribution in [0.3, 0.4) is 0 Å². The Labute approximate surface area is 221 Å². The van der Waals surface area contributed by atoms with Crippen molar-refractivity contribution < 1.29 is 8.83 Å². The Morgan fingerprint density at radius 1 is 0.737 bits per heavy atom. The van der Waals surface area contributed by atoms with Gasteiger partial charge in [-0.1, -0.05) is 84.9 Å². The van der Waals surface area contributed by atoms with Gasteiger partial charge in [-0.25, -0.2) is 9.97 Å². The summed E-state index contributed by atoms with van der Waals surface area (Å²) in [5.74, 6) is 0.685. The third-order valence-corrected chi connectivity index (χ3v) is 8.74. The second-order valence-corrected chi connectivity index (χ2v) is 12.6. The topological polar surface area (TPSA) is 65.0 Å². The van der Waals surface area contributed by atoms with Gasteiger partial charge in [-0.2, -0.15) is 0 Å². The first-order chi connectivity index (χ1) is 18.0. The van der Waals surface area contributed by atoms with E-state index in [2.05, 4.69) is 66.7 Å². The average Bonchev–Trinajstić information content (AvgIpc) is 3.49. The number of aromatic nitrogens is 3. The van der Waals surface area contributed by atoms with Crippen molar-refractivity contribution in [2.24, 2.45) is 0 Å². The largest absolute Gasteiger partial charge is 0.438 e. The van der Waals surface area contributed by atoms with Crippen LogP contribution in [-0.4, -0.2) is 15.0 Å². The van der Waals surface area contributed by atoms with Gasteiger partial charge in [0.15, 0.2) is 5.58 Å². The molecule has 2 aromatic carbocycles. The summed E-state index contributed by atoms with van der Waals surface area (Å²) in [6.07, 6.45) is 1.88. The molecule has 0 fully saturated rings. The van der Waals surface area contributed by atoms with Crippen LogP contribution in [0.15, 0.2) is 69.6 Å². The first kappa shape index (κ1) is 23.2. The van der Waals surface area contributed by atoms with E-state index in [9.17, 15) is 0 Å². The van der Waals surface area contributed by atoms with Crippen LogP contribution in [-0.2, 0) is 16.2 Å². The Morgan fingerprint density at radius 2 is 1.50 bits per heavy atom. The molecular weight excluding hydrogens is 470 g/mol. The molecule has 5 nitrogen and oxygen atoms in total. The van der Waals surface area contributed by atoms with Crippen molar-refractivity contribution in [2.75, 3.05) is 0 Å². The fourth-order valence-corrected chi connectivity index (χ4v) is 6.01. The Balaban J connectivity index is 1.69. The van der Waals surface area contributed by atoms with Crippen molar-refractivity contribution >= 4 is 33.2 Å². The minimum atomic E-state index is -0.262. The molecule has 0 saturated heterocycles. The number of hydrogen-bond acceptors (Lipinski definition) is 5. The van der Waals surface area contributed by atoms with Crippen molar-refractivity contribution in [2.45, 2.75) is 64.7 Å². The van der Waals surface area contributed by atoms with Crippen LogP contribution in [0.2, 0.25) is 0 Å². The molecule has 4 heterocycles. The summed E-state index contributed by atoms with van der Waals surface area (Å²) in [6, 6.07) is 18.6. The summed E-state index contributed by atoms with van der Waals surface area (Å²) in [7, 11) is 0. The molecule has 0 bridgehead atoms. The summed E-state index contributed by atoms with van der Waals surface area (Å²) in [4.78, 5) is 15.0. The van der Waals surface area contributed by atoms with E-state index >= 15 is 0 Å².